The summed E-state index contributed by atoms with van der Waals surface area (Å²) in [6, 6.07) is 6.82. The maximum atomic E-state index is 11.9. The standard InChI is InChI=1S/C13H18ClN3O/c1-13(8-15,9-5-6-9)17-12(18)16-11-4-2-3-10(14)7-11/h2-4,7,9H,5-6,8,15H2,1H3,(H2,16,17,18). The maximum Gasteiger partial charge on any atom is 0.319 e. The number of anilines is 1. The summed E-state index contributed by atoms with van der Waals surface area (Å²) in [6.45, 7) is 2.43. The molecule has 0 aromatic heterocycles. The number of hydrogen-bond donors (Lipinski definition) is 3. The summed E-state index contributed by atoms with van der Waals surface area (Å²) in [7, 11) is 0. The lowest BCUT2D eigenvalue weighted by Crippen LogP contribution is -2.54. The monoisotopic (exact) mass is 267 g/mol. The van der Waals surface area contributed by atoms with Crippen molar-refractivity contribution >= 4 is 23.3 Å². The molecule has 0 heterocycles. The first kappa shape index (κ1) is 13.2. The van der Waals surface area contributed by atoms with Crippen molar-refractivity contribution in [1.29, 1.82) is 0 Å². The van der Waals surface area contributed by atoms with E-state index < -0.39 is 0 Å². The summed E-state index contributed by atoms with van der Waals surface area (Å²) in [6.07, 6.45) is 2.26. The molecule has 0 bridgehead atoms. The number of halogens is 1. The van der Waals surface area contributed by atoms with Gasteiger partial charge in [0.2, 0.25) is 0 Å². The molecule has 0 radical (unpaired) electrons. The molecular formula is C13H18ClN3O. The summed E-state index contributed by atoms with van der Waals surface area (Å²) in [4.78, 5) is 11.9. The van der Waals surface area contributed by atoms with Crippen LogP contribution < -0.4 is 16.4 Å². The number of urea groups is 1. The number of nitrogens with two attached hydrogens (primary N) is 1. The van der Waals surface area contributed by atoms with Gasteiger partial charge in [-0.25, -0.2) is 4.79 Å². The van der Waals surface area contributed by atoms with Gasteiger partial charge in [0.1, 0.15) is 0 Å². The van der Waals surface area contributed by atoms with Crippen molar-refractivity contribution in [3.8, 4) is 0 Å². The van der Waals surface area contributed by atoms with Crippen molar-refractivity contribution in [2.75, 3.05) is 11.9 Å². The van der Waals surface area contributed by atoms with Gasteiger partial charge in [-0.05, 0) is 43.9 Å². The minimum absolute atomic E-state index is 0.239. The number of carbonyl (C=O) groups excluding carboxylic acids is 1. The molecule has 1 aliphatic carbocycles. The molecule has 2 amide bonds. The second-order valence-corrected chi connectivity index (χ2v) is 5.42. The number of rotatable bonds is 4. The fourth-order valence-corrected chi connectivity index (χ4v) is 2.22. The Labute approximate surface area is 112 Å². The number of nitrogens with one attached hydrogen (secondary N) is 2. The van der Waals surface area contributed by atoms with Crippen LogP contribution in [0.2, 0.25) is 5.02 Å². The van der Waals surface area contributed by atoms with Crippen molar-refractivity contribution in [1.82, 2.24) is 5.32 Å². The summed E-state index contributed by atoms with van der Waals surface area (Å²) in [5.74, 6) is 0.493. The lowest BCUT2D eigenvalue weighted by Gasteiger charge is -2.29. The SMILES string of the molecule is CC(CN)(NC(=O)Nc1cccc(Cl)c1)C1CC1. The zero-order chi connectivity index (χ0) is 13.2. The second-order valence-electron chi connectivity index (χ2n) is 4.99. The van der Waals surface area contributed by atoms with Crippen molar-refractivity contribution in [3.05, 3.63) is 29.3 Å². The zero-order valence-electron chi connectivity index (χ0n) is 10.4. The third-order valence-corrected chi connectivity index (χ3v) is 3.62. The molecule has 1 aromatic rings. The van der Waals surface area contributed by atoms with Crippen LogP contribution in [-0.4, -0.2) is 18.1 Å². The Morgan fingerprint density at radius 1 is 1.56 bits per heavy atom. The smallest absolute Gasteiger partial charge is 0.319 e. The predicted octanol–water partition coefficient (Wildman–Crippen LogP) is 2.59. The Morgan fingerprint density at radius 2 is 2.28 bits per heavy atom. The van der Waals surface area contributed by atoms with Gasteiger partial charge in [0.05, 0.1) is 5.54 Å². The summed E-state index contributed by atoms with van der Waals surface area (Å²) in [5, 5.41) is 6.31. The van der Waals surface area contributed by atoms with Crippen LogP contribution in [0, 0.1) is 5.92 Å². The number of carbonyl (C=O) groups is 1. The first-order chi connectivity index (χ1) is 8.53. The lowest BCUT2D eigenvalue weighted by molar-refractivity contribution is 0.234. The van der Waals surface area contributed by atoms with E-state index in [1.54, 1.807) is 24.3 Å². The third kappa shape index (κ3) is 3.15. The van der Waals surface area contributed by atoms with Crippen LogP contribution in [0.15, 0.2) is 24.3 Å². The van der Waals surface area contributed by atoms with Gasteiger partial charge < -0.3 is 16.4 Å². The molecule has 4 nitrogen and oxygen atoms in total. The van der Waals surface area contributed by atoms with E-state index in [4.69, 9.17) is 17.3 Å². The molecule has 5 heteroatoms. The van der Waals surface area contributed by atoms with E-state index in [1.807, 2.05) is 6.92 Å². The summed E-state index contributed by atoms with van der Waals surface area (Å²) in [5.41, 5.74) is 6.11. The van der Waals surface area contributed by atoms with Gasteiger partial charge in [0, 0.05) is 17.3 Å². The Morgan fingerprint density at radius 3 is 2.83 bits per heavy atom. The molecule has 1 aromatic carbocycles. The van der Waals surface area contributed by atoms with Crippen LogP contribution in [0.5, 0.6) is 0 Å². The number of hydrogen-bond acceptors (Lipinski definition) is 2. The second kappa shape index (κ2) is 5.16. The Kier molecular flexibility index (Phi) is 3.78. The summed E-state index contributed by atoms with van der Waals surface area (Å²) < 4.78 is 0. The Bertz CT molecular complexity index is 448. The first-order valence-corrected chi connectivity index (χ1v) is 6.46. The molecule has 0 spiro atoms. The predicted molar refractivity (Wildman–Crippen MR) is 73.8 cm³/mol. The number of amides is 2. The minimum Gasteiger partial charge on any atom is -0.331 e. The molecule has 18 heavy (non-hydrogen) atoms. The van der Waals surface area contributed by atoms with E-state index in [0.29, 0.717) is 23.2 Å². The van der Waals surface area contributed by atoms with E-state index in [9.17, 15) is 4.79 Å². The van der Waals surface area contributed by atoms with Gasteiger partial charge in [-0.2, -0.15) is 0 Å². The van der Waals surface area contributed by atoms with Crippen molar-refractivity contribution in [2.45, 2.75) is 25.3 Å². The summed E-state index contributed by atoms with van der Waals surface area (Å²) >= 11 is 5.86. The third-order valence-electron chi connectivity index (χ3n) is 3.38. The average Bonchev–Trinajstić information content (AvgIpc) is 3.12. The van der Waals surface area contributed by atoms with Gasteiger partial charge in [0.25, 0.3) is 0 Å². The topological polar surface area (TPSA) is 67.1 Å². The van der Waals surface area contributed by atoms with Gasteiger partial charge in [-0.1, -0.05) is 17.7 Å². The molecule has 98 valence electrons. The molecule has 1 saturated carbocycles. The van der Waals surface area contributed by atoms with Crippen molar-refractivity contribution in [2.24, 2.45) is 11.7 Å². The highest BCUT2D eigenvalue weighted by molar-refractivity contribution is 6.30. The van der Waals surface area contributed by atoms with Crippen LogP contribution >= 0.6 is 11.6 Å². The van der Waals surface area contributed by atoms with Crippen LogP contribution in [0.1, 0.15) is 19.8 Å². The van der Waals surface area contributed by atoms with Crippen LogP contribution in [0.25, 0.3) is 0 Å². The largest absolute Gasteiger partial charge is 0.331 e. The fourth-order valence-electron chi connectivity index (χ4n) is 2.03. The maximum absolute atomic E-state index is 11.9. The van der Waals surface area contributed by atoms with E-state index in [0.717, 1.165) is 12.8 Å². The molecule has 0 saturated heterocycles. The van der Waals surface area contributed by atoms with Gasteiger partial charge in [-0.3, -0.25) is 0 Å². The van der Waals surface area contributed by atoms with Gasteiger partial charge >= 0.3 is 6.03 Å². The van der Waals surface area contributed by atoms with E-state index in [-0.39, 0.29) is 11.6 Å². The molecule has 1 aliphatic rings. The molecular weight excluding hydrogens is 250 g/mol. The zero-order valence-corrected chi connectivity index (χ0v) is 11.1. The van der Waals surface area contributed by atoms with E-state index in [1.165, 1.54) is 0 Å². The van der Waals surface area contributed by atoms with Crippen LogP contribution in [0.3, 0.4) is 0 Å². The molecule has 1 atom stereocenters. The highest BCUT2D eigenvalue weighted by Gasteiger charge is 2.41. The highest BCUT2D eigenvalue weighted by Crippen LogP contribution is 2.38. The molecule has 0 aliphatic heterocycles. The quantitative estimate of drug-likeness (QED) is 0.785. The fraction of sp³-hybridized carbons (Fsp3) is 0.462. The molecule has 2 rings (SSSR count). The lowest BCUT2D eigenvalue weighted by atomic mass is 9.96. The van der Waals surface area contributed by atoms with Crippen molar-refractivity contribution in [3.63, 3.8) is 0 Å². The molecule has 1 fully saturated rings. The average molecular weight is 268 g/mol. The van der Waals surface area contributed by atoms with Crippen LogP contribution in [-0.2, 0) is 0 Å². The minimum atomic E-state index is -0.317. The van der Waals surface area contributed by atoms with Crippen LogP contribution in [0.4, 0.5) is 10.5 Å². The van der Waals surface area contributed by atoms with E-state index >= 15 is 0 Å². The first-order valence-electron chi connectivity index (χ1n) is 6.08. The number of benzene rings is 1. The Balaban J connectivity index is 1.96. The van der Waals surface area contributed by atoms with E-state index in [2.05, 4.69) is 10.6 Å². The van der Waals surface area contributed by atoms with Gasteiger partial charge in [-0.15, -0.1) is 0 Å². The van der Waals surface area contributed by atoms with Gasteiger partial charge in [0.15, 0.2) is 0 Å². The van der Waals surface area contributed by atoms with Crippen molar-refractivity contribution < 1.29 is 4.79 Å². The highest BCUT2D eigenvalue weighted by atomic mass is 35.5. The normalized spacial score (nSPS) is 17.9. The molecule has 4 N–H and O–H groups in total. The molecule has 1 unspecified atom stereocenters. The Hall–Kier alpha value is -1.26.